The molecule has 1 aromatic carbocycles. The zero-order valence-corrected chi connectivity index (χ0v) is 14.6. The van der Waals surface area contributed by atoms with Gasteiger partial charge in [0.15, 0.2) is 0 Å². The second kappa shape index (κ2) is 7.33. The second-order valence-electron chi connectivity index (χ2n) is 6.85. The molecule has 3 rings (SSSR count). The van der Waals surface area contributed by atoms with E-state index >= 15 is 0 Å². The van der Waals surface area contributed by atoms with Crippen LogP contribution in [0.25, 0.3) is 0 Å². The SMILES string of the molecule is CC(C)n1ccnc1C1CCN(C(=O)Cc2ccc(F)cc2F)CC1. The molecule has 4 nitrogen and oxygen atoms in total. The Hall–Kier alpha value is -2.24. The minimum absolute atomic E-state index is 0.0304. The van der Waals surface area contributed by atoms with Crippen LogP contribution in [0.4, 0.5) is 8.78 Å². The maximum absolute atomic E-state index is 13.7. The van der Waals surface area contributed by atoms with E-state index in [0.29, 0.717) is 25.0 Å². The number of amides is 1. The molecule has 0 radical (unpaired) electrons. The predicted molar refractivity (Wildman–Crippen MR) is 91.2 cm³/mol. The zero-order chi connectivity index (χ0) is 18.0. The van der Waals surface area contributed by atoms with Gasteiger partial charge in [-0.2, -0.15) is 0 Å². The summed E-state index contributed by atoms with van der Waals surface area (Å²) in [4.78, 5) is 18.7. The largest absolute Gasteiger partial charge is 0.342 e. The Kier molecular flexibility index (Phi) is 5.16. The van der Waals surface area contributed by atoms with Crippen molar-refractivity contribution in [3.05, 3.63) is 53.6 Å². The summed E-state index contributed by atoms with van der Waals surface area (Å²) in [6, 6.07) is 3.71. The minimum Gasteiger partial charge on any atom is -0.342 e. The molecule has 1 aliphatic heterocycles. The molecular formula is C19H23F2N3O. The van der Waals surface area contributed by atoms with Crippen LogP contribution >= 0.6 is 0 Å². The molecule has 134 valence electrons. The third kappa shape index (κ3) is 3.89. The number of halogens is 2. The van der Waals surface area contributed by atoms with Crippen molar-refractivity contribution in [3.63, 3.8) is 0 Å². The standard InChI is InChI=1S/C19H23F2N3O/c1-13(2)24-10-7-22-19(24)14-5-8-23(9-6-14)18(25)11-15-3-4-16(20)12-17(15)21/h3-4,7,10,12-14H,5-6,8-9,11H2,1-2H3. The number of carbonyl (C=O) groups is 1. The Balaban J connectivity index is 1.60. The topological polar surface area (TPSA) is 38.1 Å². The zero-order valence-electron chi connectivity index (χ0n) is 14.6. The van der Waals surface area contributed by atoms with E-state index in [1.807, 2.05) is 12.4 Å². The van der Waals surface area contributed by atoms with E-state index in [2.05, 4.69) is 23.4 Å². The summed E-state index contributed by atoms with van der Waals surface area (Å²) in [5.41, 5.74) is 0.240. The molecule has 0 saturated carbocycles. The van der Waals surface area contributed by atoms with Gasteiger partial charge < -0.3 is 9.47 Å². The first-order chi connectivity index (χ1) is 12.0. The molecule has 25 heavy (non-hydrogen) atoms. The lowest BCUT2D eigenvalue weighted by Gasteiger charge is -2.32. The molecular weight excluding hydrogens is 324 g/mol. The van der Waals surface area contributed by atoms with Crippen LogP contribution in [-0.4, -0.2) is 33.4 Å². The highest BCUT2D eigenvalue weighted by atomic mass is 19.1. The summed E-state index contributed by atoms with van der Waals surface area (Å²) >= 11 is 0. The van der Waals surface area contributed by atoms with Gasteiger partial charge in [-0.1, -0.05) is 6.07 Å². The molecule has 1 aliphatic rings. The molecule has 6 heteroatoms. The van der Waals surface area contributed by atoms with Crippen molar-refractivity contribution in [2.45, 2.75) is 45.1 Å². The highest BCUT2D eigenvalue weighted by molar-refractivity contribution is 5.79. The fraction of sp³-hybridized carbons (Fsp3) is 0.474. The predicted octanol–water partition coefficient (Wildman–Crippen LogP) is 3.69. The number of likely N-dealkylation sites (tertiary alicyclic amines) is 1. The first-order valence-electron chi connectivity index (χ1n) is 8.70. The van der Waals surface area contributed by atoms with Gasteiger partial charge in [0.2, 0.25) is 5.91 Å². The molecule has 0 unspecified atom stereocenters. The van der Waals surface area contributed by atoms with Crippen molar-refractivity contribution in [2.24, 2.45) is 0 Å². The Morgan fingerprint density at radius 2 is 2.00 bits per heavy atom. The molecule has 0 bridgehead atoms. The van der Waals surface area contributed by atoms with E-state index in [0.717, 1.165) is 24.7 Å². The van der Waals surface area contributed by atoms with Crippen LogP contribution in [0.2, 0.25) is 0 Å². The first kappa shape index (κ1) is 17.6. The maximum Gasteiger partial charge on any atom is 0.227 e. The summed E-state index contributed by atoms with van der Waals surface area (Å²) in [6.45, 7) is 5.52. The molecule has 1 aromatic heterocycles. The molecule has 1 amide bonds. The molecule has 1 fully saturated rings. The van der Waals surface area contributed by atoms with Crippen LogP contribution in [-0.2, 0) is 11.2 Å². The molecule has 0 atom stereocenters. The van der Waals surface area contributed by atoms with Crippen LogP contribution in [0.3, 0.4) is 0 Å². The quantitative estimate of drug-likeness (QED) is 0.846. The average Bonchev–Trinajstić information content (AvgIpc) is 3.07. The number of benzene rings is 1. The van der Waals surface area contributed by atoms with Crippen molar-refractivity contribution in [1.82, 2.24) is 14.5 Å². The Labute approximate surface area is 146 Å². The number of nitrogens with zero attached hydrogens (tertiary/aromatic N) is 3. The molecule has 0 aliphatic carbocycles. The van der Waals surface area contributed by atoms with Gasteiger partial charge in [0.05, 0.1) is 6.42 Å². The maximum atomic E-state index is 13.7. The van der Waals surface area contributed by atoms with Gasteiger partial charge in [0.1, 0.15) is 17.5 Å². The molecule has 0 spiro atoms. The normalized spacial score (nSPS) is 15.8. The number of aromatic nitrogens is 2. The van der Waals surface area contributed by atoms with E-state index in [9.17, 15) is 13.6 Å². The molecule has 1 saturated heterocycles. The second-order valence-corrected chi connectivity index (χ2v) is 6.85. The lowest BCUT2D eigenvalue weighted by Crippen LogP contribution is -2.39. The number of hydrogen-bond acceptors (Lipinski definition) is 2. The molecule has 2 aromatic rings. The van der Waals surface area contributed by atoms with Gasteiger partial charge in [-0.25, -0.2) is 13.8 Å². The summed E-state index contributed by atoms with van der Waals surface area (Å²) in [7, 11) is 0. The summed E-state index contributed by atoms with van der Waals surface area (Å²) in [6.07, 6.45) is 5.49. The lowest BCUT2D eigenvalue weighted by atomic mass is 9.95. The van der Waals surface area contributed by atoms with E-state index in [1.165, 1.54) is 12.1 Å². The van der Waals surface area contributed by atoms with Gasteiger partial charge in [0.25, 0.3) is 0 Å². The van der Waals surface area contributed by atoms with Crippen molar-refractivity contribution in [3.8, 4) is 0 Å². The summed E-state index contributed by atoms with van der Waals surface area (Å²) < 4.78 is 28.9. The van der Waals surface area contributed by atoms with Crippen molar-refractivity contribution in [2.75, 3.05) is 13.1 Å². The van der Waals surface area contributed by atoms with Gasteiger partial charge in [-0.3, -0.25) is 4.79 Å². The van der Waals surface area contributed by atoms with Gasteiger partial charge in [0, 0.05) is 43.5 Å². The van der Waals surface area contributed by atoms with Crippen molar-refractivity contribution < 1.29 is 13.6 Å². The van der Waals surface area contributed by atoms with Gasteiger partial charge in [-0.05, 0) is 38.3 Å². The van der Waals surface area contributed by atoms with Crippen LogP contribution < -0.4 is 0 Å². The van der Waals surface area contributed by atoms with Crippen LogP contribution in [0.15, 0.2) is 30.6 Å². The molecule has 0 N–H and O–H groups in total. The highest BCUT2D eigenvalue weighted by Gasteiger charge is 2.27. The fourth-order valence-corrected chi connectivity index (χ4v) is 3.40. The van der Waals surface area contributed by atoms with Crippen LogP contribution in [0.5, 0.6) is 0 Å². The lowest BCUT2D eigenvalue weighted by molar-refractivity contribution is -0.131. The summed E-state index contributed by atoms with van der Waals surface area (Å²) in [5.74, 6) is 0.00390. The van der Waals surface area contributed by atoms with Crippen LogP contribution in [0.1, 0.15) is 50.0 Å². The third-order valence-electron chi connectivity index (χ3n) is 4.82. The van der Waals surface area contributed by atoms with Crippen molar-refractivity contribution in [1.29, 1.82) is 0 Å². The summed E-state index contributed by atoms with van der Waals surface area (Å²) in [5, 5.41) is 0. The molecule has 2 heterocycles. The smallest absolute Gasteiger partial charge is 0.227 e. The number of rotatable bonds is 4. The Morgan fingerprint density at radius 3 is 2.64 bits per heavy atom. The van der Waals surface area contributed by atoms with E-state index < -0.39 is 11.6 Å². The first-order valence-corrected chi connectivity index (χ1v) is 8.70. The van der Waals surface area contributed by atoms with E-state index in [1.54, 1.807) is 4.90 Å². The Bertz CT molecular complexity index is 749. The number of piperidine rings is 1. The number of hydrogen-bond donors (Lipinski definition) is 0. The van der Waals surface area contributed by atoms with Gasteiger partial charge >= 0.3 is 0 Å². The monoisotopic (exact) mass is 347 g/mol. The Morgan fingerprint density at radius 1 is 1.28 bits per heavy atom. The minimum atomic E-state index is -0.665. The van der Waals surface area contributed by atoms with Crippen LogP contribution in [0, 0.1) is 11.6 Å². The number of carbonyl (C=O) groups excluding carboxylic acids is 1. The van der Waals surface area contributed by atoms with E-state index in [-0.39, 0.29) is 17.9 Å². The van der Waals surface area contributed by atoms with Crippen molar-refractivity contribution >= 4 is 5.91 Å². The van der Waals surface area contributed by atoms with E-state index in [4.69, 9.17) is 0 Å². The number of imidazole rings is 1. The average molecular weight is 347 g/mol. The van der Waals surface area contributed by atoms with Gasteiger partial charge in [-0.15, -0.1) is 0 Å². The third-order valence-corrected chi connectivity index (χ3v) is 4.82. The fourth-order valence-electron chi connectivity index (χ4n) is 3.40. The highest BCUT2D eigenvalue weighted by Crippen LogP contribution is 2.28.